The summed E-state index contributed by atoms with van der Waals surface area (Å²) >= 11 is 0. The molecule has 0 atom stereocenters. The van der Waals surface area contributed by atoms with Crippen LogP contribution in [0.2, 0.25) is 0 Å². The third kappa shape index (κ3) is 3.94. The molecule has 1 rings (SSSR count). The maximum atomic E-state index is 13.7. The van der Waals surface area contributed by atoms with Crippen molar-refractivity contribution in [2.45, 2.75) is 30.7 Å². The van der Waals surface area contributed by atoms with Crippen molar-refractivity contribution in [3.8, 4) is 0 Å². The second-order valence-corrected chi connectivity index (χ2v) is 6.30. The first-order valence-electron chi connectivity index (χ1n) is 5.46. The van der Waals surface area contributed by atoms with E-state index in [9.17, 15) is 12.8 Å². The molecule has 5 N–H and O–H groups in total. The zero-order valence-electron chi connectivity index (χ0n) is 10.4. The molecule has 0 radical (unpaired) electrons. The molecule has 0 aliphatic carbocycles. The average Bonchev–Trinajstić information content (AvgIpc) is 2.19. The number of hydrogen-bond acceptors (Lipinski definition) is 4. The molecule has 0 amide bonds. The van der Waals surface area contributed by atoms with Crippen molar-refractivity contribution < 1.29 is 12.8 Å². The highest BCUT2D eigenvalue weighted by Crippen LogP contribution is 2.23. The summed E-state index contributed by atoms with van der Waals surface area (Å²) in [5.41, 5.74) is 5.30. The van der Waals surface area contributed by atoms with Crippen molar-refractivity contribution in [1.29, 1.82) is 0 Å². The lowest BCUT2D eigenvalue weighted by Crippen LogP contribution is -2.33. The first-order chi connectivity index (χ1) is 8.15. The van der Waals surface area contributed by atoms with Gasteiger partial charge in [-0.05, 0) is 45.0 Å². The molecular weight excluding hydrogens is 257 g/mol. The Hall–Kier alpha value is -1.18. The van der Waals surface area contributed by atoms with Gasteiger partial charge in [0.2, 0.25) is 10.0 Å². The van der Waals surface area contributed by atoms with Gasteiger partial charge in [-0.1, -0.05) is 0 Å². The lowest BCUT2D eigenvalue weighted by Gasteiger charge is -2.27. The van der Waals surface area contributed by atoms with Crippen molar-refractivity contribution in [3.05, 3.63) is 24.0 Å². The molecule has 18 heavy (non-hydrogen) atoms. The summed E-state index contributed by atoms with van der Waals surface area (Å²) in [6.07, 6.45) is 0.656. The summed E-state index contributed by atoms with van der Waals surface area (Å²) in [7, 11) is -3.88. The normalized spacial score (nSPS) is 12.5. The van der Waals surface area contributed by atoms with Gasteiger partial charge in [0, 0.05) is 5.54 Å². The molecular formula is C11H18FN3O2S. The van der Waals surface area contributed by atoms with Gasteiger partial charge in [0.25, 0.3) is 0 Å². The van der Waals surface area contributed by atoms with E-state index in [1.54, 1.807) is 0 Å². The van der Waals surface area contributed by atoms with Crippen LogP contribution in [0.5, 0.6) is 0 Å². The van der Waals surface area contributed by atoms with Crippen LogP contribution in [-0.4, -0.2) is 20.5 Å². The van der Waals surface area contributed by atoms with Crippen LogP contribution >= 0.6 is 0 Å². The number of sulfonamides is 1. The molecule has 0 aliphatic heterocycles. The van der Waals surface area contributed by atoms with Gasteiger partial charge in [-0.25, -0.2) is 17.9 Å². The minimum atomic E-state index is -3.88. The summed E-state index contributed by atoms with van der Waals surface area (Å²) in [4.78, 5) is -0.248. The van der Waals surface area contributed by atoms with E-state index in [4.69, 9.17) is 10.9 Å². The van der Waals surface area contributed by atoms with Crippen LogP contribution in [0, 0.1) is 5.82 Å². The molecule has 0 bridgehead atoms. The number of benzene rings is 1. The summed E-state index contributed by atoms with van der Waals surface area (Å²) in [6.45, 7) is 4.23. The Morgan fingerprint density at radius 2 is 2.00 bits per heavy atom. The number of primary sulfonamides is 1. The Morgan fingerprint density at radius 3 is 2.44 bits per heavy atom. The van der Waals surface area contributed by atoms with Crippen LogP contribution in [0.25, 0.3) is 0 Å². The highest BCUT2D eigenvalue weighted by atomic mass is 32.2. The van der Waals surface area contributed by atoms with Crippen LogP contribution < -0.4 is 16.2 Å². The molecule has 0 saturated heterocycles. The monoisotopic (exact) mass is 275 g/mol. The van der Waals surface area contributed by atoms with E-state index in [1.165, 1.54) is 12.1 Å². The average molecular weight is 275 g/mol. The van der Waals surface area contributed by atoms with Crippen molar-refractivity contribution in [2.75, 3.05) is 11.9 Å². The zero-order chi connectivity index (χ0) is 14.0. The van der Waals surface area contributed by atoms with E-state index >= 15 is 0 Å². The zero-order valence-corrected chi connectivity index (χ0v) is 11.2. The van der Waals surface area contributed by atoms with Gasteiger partial charge >= 0.3 is 0 Å². The molecule has 1 aromatic rings. The maximum Gasteiger partial charge on any atom is 0.238 e. The first kappa shape index (κ1) is 14.9. The number of rotatable bonds is 5. The Labute approximate surface area is 106 Å². The third-order valence-corrected chi connectivity index (χ3v) is 3.42. The SMILES string of the molecule is CC(C)(CCN)Nc1ccc(S(N)(=O)=O)cc1F. The van der Waals surface area contributed by atoms with Crippen LogP contribution in [-0.2, 0) is 10.0 Å². The minimum Gasteiger partial charge on any atom is -0.378 e. The van der Waals surface area contributed by atoms with Crippen LogP contribution in [0.1, 0.15) is 20.3 Å². The van der Waals surface area contributed by atoms with Crippen molar-refractivity contribution in [2.24, 2.45) is 10.9 Å². The third-order valence-electron chi connectivity index (χ3n) is 2.51. The van der Waals surface area contributed by atoms with Crippen LogP contribution in [0.4, 0.5) is 10.1 Å². The van der Waals surface area contributed by atoms with E-state index < -0.39 is 15.8 Å². The minimum absolute atomic E-state index is 0.223. The van der Waals surface area contributed by atoms with Crippen molar-refractivity contribution >= 4 is 15.7 Å². The van der Waals surface area contributed by atoms with Crippen LogP contribution in [0.15, 0.2) is 23.1 Å². The quantitative estimate of drug-likeness (QED) is 0.747. The largest absolute Gasteiger partial charge is 0.378 e. The molecule has 1 aromatic carbocycles. The second-order valence-electron chi connectivity index (χ2n) is 4.73. The van der Waals surface area contributed by atoms with E-state index in [-0.39, 0.29) is 16.1 Å². The lowest BCUT2D eigenvalue weighted by molar-refractivity contribution is 0.518. The molecule has 0 heterocycles. The lowest BCUT2D eigenvalue weighted by atomic mass is 10.0. The summed E-state index contributed by atoms with van der Waals surface area (Å²) in [5, 5.41) is 7.89. The number of anilines is 1. The smallest absolute Gasteiger partial charge is 0.238 e. The van der Waals surface area contributed by atoms with Crippen molar-refractivity contribution in [1.82, 2.24) is 0 Å². The fraction of sp³-hybridized carbons (Fsp3) is 0.455. The molecule has 0 spiro atoms. The number of halogens is 1. The molecule has 7 heteroatoms. The highest BCUT2D eigenvalue weighted by Gasteiger charge is 2.19. The first-order valence-corrected chi connectivity index (χ1v) is 7.01. The topological polar surface area (TPSA) is 98.2 Å². The Kier molecular flexibility index (Phi) is 4.31. The maximum absolute atomic E-state index is 13.7. The van der Waals surface area contributed by atoms with E-state index in [2.05, 4.69) is 5.32 Å². The fourth-order valence-electron chi connectivity index (χ4n) is 1.56. The number of nitrogens with two attached hydrogens (primary N) is 2. The summed E-state index contributed by atoms with van der Waals surface area (Å²) in [5.74, 6) is -0.661. The number of hydrogen-bond donors (Lipinski definition) is 3. The summed E-state index contributed by atoms with van der Waals surface area (Å²) < 4.78 is 35.9. The Balaban J connectivity index is 3.00. The predicted molar refractivity (Wildman–Crippen MR) is 69.1 cm³/mol. The molecule has 102 valence electrons. The van der Waals surface area contributed by atoms with Gasteiger partial charge in [0.1, 0.15) is 5.82 Å². The van der Waals surface area contributed by atoms with Crippen molar-refractivity contribution in [3.63, 3.8) is 0 Å². The van der Waals surface area contributed by atoms with Gasteiger partial charge in [-0.2, -0.15) is 0 Å². The van der Waals surface area contributed by atoms with Gasteiger partial charge in [0.15, 0.2) is 0 Å². The van der Waals surface area contributed by atoms with Gasteiger partial charge in [0.05, 0.1) is 10.6 Å². The Bertz CT molecular complexity index is 529. The van der Waals surface area contributed by atoms with Gasteiger partial charge in [-0.15, -0.1) is 0 Å². The predicted octanol–water partition coefficient (Wildman–Crippen LogP) is 1.01. The molecule has 0 aromatic heterocycles. The summed E-state index contributed by atoms with van der Waals surface area (Å²) in [6, 6.07) is 3.52. The highest BCUT2D eigenvalue weighted by molar-refractivity contribution is 7.89. The molecule has 5 nitrogen and oxygen atoms in total. The van der Waals surface area contributed by atoms with Gasteiger partial charge in [-0.3, -0.25) is 0 Å². The Morgan fingerprint density at radius 1 is 1.39 bits per heavy atom. The van der Waals surface area contributed by atoms with E-state index in [0.717, 1.165) is 6.07 Å². The van der Waals surface area contributed by atoms with Crippen LogP contribution in [0.3, 0.4) is 0 Å². The molecule has 0 unspecified atom stereocenters. The molecule has 0 fully saturated rings. The second kappa shape index (κ2) is 5.21. The molecule has 0 saturated carbocycles. The standard InChI is InChI=1S/C11H18FN3O2S/c1-11(2,5-6-13)15-10-4-3-8(7-9(10)12)18(14,16)17/h3-4,7,15H,5-6,13H2,1-2H3,(H2,14,16,17). The molecule has 0 aliphatic rings. The number of nitrogens with one attached hydrogen (secondary N) is 1. The van der Waals surface area contributed by atoms with Gasteiger partial charge < -0.3 is 11.1 Å². The fourth-order valence-corrected chi connectivity index (χ4v) is 2.09. The van der Waals surface area contributed by atoms with E-state index in [1.807, 2.05) is 13.8 Å². The van der Waals surface area contributed by atoms with E-state index in [0.29, 0.717) is 13.0 Å².